The van der Waals surface area contributed by atoms with Gasteiger partial charge in [0, 0.05) is 0 Å². The minimum absolute atomic E-state index is 0. The standard InChI is InChI=1S/C12H24O4S.Na/c13-12(17(14,15)16)10-8-6-4-2-1-3-5-7-9-11-12;/h13H,1-11H2,(H,14,15,16);/q;+1/p-1. The fourth-order valence-corrected chi connectivity index (χ4v) is 3.20. The molecule has 0 heterocycles. The summed E-state index contributed by atoms with van der Waals surface area (Å²) in [5.74, 6) is 0. The van der Waals surface area contributed by atoms with E-state index in [1.807, 2.05) is 0 Å². The molecule has 0 amide bonds. The first-order valence-corrected chi connectivity index (χ1v) is 8.04. The zero-order valence-electron chi connectivity index (χ0n) is 11.4. The minimum Gasteiger partial charge on any atom is -0.746 e. The Morgan fingerprint density at radius 2 is 1.06 bits per heavy atom. The van der Waals surface area contributed by atoms with Crippen LogP contribution in [0, 0.1) is 0 Å². The molecule has 1 fully saturated rings. The zero-order valence-corrected chi connectivity index (χ0v) is 14.2. The van der Waals surface area contributed by atoms with Gasteiger partial charge in [0.25, 0.3) is 0 Å². The summed E-state index contributed by atoms with van der Waals surface area (Å²) in [5, 5.41) is 9.99. The van der Waals surface area contributed by atoms with Crippen molar-refractivity contribution in [3.05, 3.63) is 0 Å². The first-order valence-electron chi connectivity index (χ1n) is 6.63. The van der Waals surface area contributed by atoms with Gasteiger partial charge in [0.2, 0.25) is 0 Å². The maximum atomic E-state index is 11.1. The summed E-state index contributed by atoms with van der Waals surface area (Å²) in [4.78, 5) is -2.02. The number of rotatable bonds is 1. The van der Waals surface area contributed by atoms with Crippen molar-refractivity contribution in [3.63, 3.8) is 0 Å². The second-order valence-corrected chi connectivity index (χ2v) is 6.75. The smallest absolute Gasteiger partial charge is 0.746 e. The van der Waals surface area contributed by atoms with Crippen LogP contribution < -0.4 is 29.6 Å². The molecule has 0 aromatic rings. The van der Waals surface area contributed by atoms with Crippen LogP contribution in [-0.4, -0.2) is 23.0 Å². The van der Waals surface area contributed by atoms with Crippen molar-refractivity contribution < 1.29 is 47.6 Å². The van der Waals surface area contributed by atoms with E-state index >= 15 is 0 Å². The van der Waals surface area contributed by atoms with E-state index in [1.54, 1.807) is 0 Å². The fraction of sp³-hybridized carbons (Fsp3) is 1.00. The molecule has 0 saturated heterocycles. The molecule has 0 aliphatic heterocycles. The molecule has 6 heteroatoms. The molecule has 4 nitrogen and oxygen atoms in total. The summed E-state index contributed by atoms with van der Waals surface area (Å²) < 4.78 is 33.4. The Hall–Kier alpha value is 0.870. The quantitative estimate of drug-likeness (QED) is 0.522. The van der Waals surface area contributed by atoms with Gasteiger partial charge in [-0.3, -0.25) is 0 Å². The Kier molecular flexibility index (Phi) is 9.36. The topological polar surface area (TPSA) is 77.4 Å². The van der Waals surface area contributed by atoms with Crippen molar-refractivity contribution in [3.8, 4) is 0 Å². The maximum absolute atomic E-state index is 11.1. The van der Waals surface area contributed by atoms with Crippen LogP contribution in [0.15, 0.2) is 0 Å². The van der Waals surface area contributed by atoms with Gasteiger partial charge in [0.1, 0.15) is 10.1 Å². The Labute approximate surface area is 133 Å². The van der Waals surface area contributed by atoms with Crippen LogP contribution in [0.3, 0.4) is 0 Å². The van der Waals surface area contributed by atoms with Gasteiger partial charge >= 0.3 is 29.6 Å². The Balaban J connectivity index is 0.00000289. The predicted octanol–water partition coefficient (Wildman–Crippen LogP) is -0.471. The molecule has 0 unspecified atom stereocenters. The van der Waals surface area contributed by atoms with Crippen LogP contribution in [0.2, 0.25) is 0 Å². The van der Waals surface area contributed by atoms with E-state index in [-0.39, 0.29) is 42.4 Å². The van der Waals surface area contributed by atoms with E-state index in [4.69, 9.17) is 0 Å². The van der Waals surface area contributed by atoms with Crippen molar-refractivity contribution in [2.75, 3.05) is 0 Å². The van der Waals surface area contributed by atoms with Crippen LogP contribution >= 0.6 is 0 Å². The van der Waals surface area contributed by atoms with Crippen molar-refractivity contribution in [1.29, 1.82) is 0 Å². The van der Waals surface area contributed by atoms with Crippen LogP contribution in [-0.2, 0) is 10.1 Å². The first-order chi connectivity index (χ1) is 7.96. The summed E-state index contributed by atoms with van der Waals surface area (Å²) in [5.41, 5.74) is 0. The van der Waals surface area contributed by atoms with E-state index in [1.165, 1.54) is 19.3 Å². The van der Waals surface area contributed by atoms with E-state index in [0.717, 1.165) is 25.7 Å². The third-order valence-electron chi connectivity index (χ3n) is 3.60. The van der Waals surface area contributed by atoms with Crippen molar-refractivity contribution in [2.24, 2.45) is 0 Å². The van der Waals surface area contributed by atoms with Gasteiger partial charge in [-0.1, -0.05) is 44.9 Å². The number of hydrogen-bond acceptors (Lipinski definition) is 4. The monoisotopic (exact) mass is 286 g/mol. The Morgan fingerprint density at radius 1 is 0.778 bits per heavy atom. The molecule has 0 aromatic carbocycles. The summed E-state index contributed by atoms with van der Waals surface area (Å²) in [6.07, 6.45) is 8.95. The molecule has 0 bridgehead atoms. The summed E-state index contributed by atoms with van der Waals surface area (Å²) in [6.45, 7) is 0. The van der Waals surface area contributed by atoms with Gasteiger partial charge in [-0.15, -0.1) is 0 Å². The van der Waals surface area contributed by atoms with Gasteiger partial charge in [-0.2, -0.15) is 0 Å². The predicted molar refractivity (Wildman–Crippen MR) is 65.4 cm³/mol. The van der Waals surface area contributed by atoms with Crippen molar-refractivity contribution in [2.45, 2.75) is 75.6 Å². The molecule has 18 heavy (non-hydrogen) atoms. The molecule has 0 atom stereocenters. The van der Waals surface area contributed by atoms with E-state index in [0.29, 0.717) is 12.8 Å². The molecule has 0 aromatic heterocycles. The second-order valence-electron chi connectivity index (χ2n) is 5.08. The van der Waals surface area contributed by atoms with Crippen LogP contribution in [0.5, 0.6) is 0 Å². The number of hydrogen-bond donors (Lipinski definition) is 1. The maximum Gasteiger partial charge on any atom is 1.00 e. The minimum atomic E-state index is -4.61. The normalized spacial score (nSPS) is 23.2. The molecule has 1 rings (SSSR count). The third kappa shape index (κ3) is 6.35. The summed E-state index contributed by atoms with van der Waals surface area (Å²) >= 11 is 0. The van der Waals surface area contributed by atoms with Crippen LogP contribution in [0.1, 0.15) is 70.6 Å². The second kappa shape index (κ2) is 8.93. The molecule has 0 radical (unpaired) electrons. The van der Waals surface area contributed by atoms with Crippen LogP contribution in [0.25, 0.3) is 0 Å². The van der Waals surface area contributed by atoms with E-state index in [2.05, 4.69) is 0 Å². The first kappa shape index (κ1) is 18.9. The summed E-state index contributed by atoms with van der Waals surface area (Å²) in [6, 6.07) is 0. The number of aliphatic hydroxyl groups is 1. The van der Waals surface area contributed by atoms with Gasteiger partial charge in [-0.25, -0.2) is 8.42 Å². The van der Waals surface area contributed by atoms with Crippen LogP contribution in [0.4, 0.5) is 0 Å². The molecule has 102 valence electrons. The average Bonchev–Trinajstić information content (AvgIpc) is 2.21. The largest absolute Gasteiger partial charge is 1.00 e. The third-order valence-corrected chi connectivity index (χ3v) is 4.94. The van der Waals surface area contributed by atoms with Gasteiger partial charge in [-0.05, 0) is 25.7 Å². The van der Waals surface area contributed by atoms with Gasteiger partial charge < -0.3 is 9.66 Å². The molecule has 1 aliphatic rings. The molecule has 1 saturated carbocycles. The van der Waals surface area contributed by atoms with Crippen molar-refractivity contribution in [1.82, 2.24) is 0 Å². The Morgan fingerprint density at radius 3 is 1.33 bits per heavy atom. The van der Waals surface area contributed by atoms with Crippen molar-refractivity contribution >= 4 is 10.1 Å². The van der Waals surface area contributed by atoms with E-state index in [9.17, 15) is 18.1 Å². The zero-order chi connectivity index (χ0) is 12.8. The molecular formula is C12H23NaO4S. The molecular weight excluding hydrogens is 263 g/mol. The Bertz CT molecular complexity index is 304. The summed E-state index contributed by atoms with van der Waals surface area (Å²) in [7, 11) is -4.61. The fourth-order valence-electron chi connectivity index (χ4n) is 2.41. The molecule has 1 aliphatic carbocycles. The molecule has 0 spiro atoms. The molecule has 1 N–H and O–H groups in total. The SMILES string of the molecule is O=S(=O)([O-])C1(O)CCCCCCCCCCC1.[Na+]. The average molecular weight is 286 g/mol. The van der Waals surface area contributed by atoms with E-state index < -0.39 is 15.1 Å². The van der Waals surface area contributed by atoms with Gasteiger partial charge in [0.15, 0.2) is 4.93 Å². The van der Waals surface area contributed by atoms with Gasteiger partial charge in [0.05, 0.1) is 0 Å².